The molecule has 1 aromatic carbocycles. The molecule has 3 heteroatoms. The van der Waals surface area contributed by atoms with Crippen LogP contribution < -0.4 is 5.73 Å². The number of benzene rings is 1. The fourth-order valence-corrected chi connectivity index (χ4v) is 2.20. The number of rotatable bonds is 2. The fraction of sp³-hybridized carbons (Fsp3) is 0.500. The fourth-order valence-electron chi connectivity index (χ4n) is 1.99. The Labute approximate surface area is 95.4 Å². The van der Waals surface area contributed by atoms with Gasteiger partial charge in [-0.2, -0.15) is 0 Å². The Balaban J connectivity index is 2.01. The SMILES string of the molecule is N[C@H]1CCOC[C@H]1Cc1cccc(Cl)c1. The first kappa shape index (κ1) is 10.9. The second kappa shape index (κ2) is 4.97. The van der Waals surface area contributed by atoms with Crippen LogP contribution in [0, 0.1) is 5.92 Å². The maximum Gasteiger partial charge on any atom is 0.0512 e. The van der Waals surface area contributed by atoms with Gasteiger partial charge in [0.1, 0.15) is 0 Å². The average Bonchev–Trinajstić information content (AvgIpc) is 2.22. The smallest absolute Gasteiger partial charge is 0.0512 e. The van der Waals surface area contributed by atoms with E-state index in [-0.39, 0.29) is 6.04 Å². The normalized spacial score (nSPS) is 26.5. The molecule has 2 atom stereocenters. The van der Waals surface area contributed by atoms with Crippen LogP contribution in [-0.4, -0.2) is 19.3 Å². The van der Waals surface area contributed by atoms with Crippen LogP contribution in [-0.2, 0) is 11.2 Å². The summed E-state index contributed by atoms with van der Waals surface area (Å²) in [6.07, 6.45) is 1.92. The first-order valence-corrected chi connectivity index (χ1v) is 5.71. The van der Waals surface area contributed by atoms with Gasteiger partial charge >= 0.3 is 0 Å². The summed E-state index contributed by atoms with van der Waals surface area (Å²) in [6, 6.07) is 8.23. The van der Waals surface area contributed by atoms with Crippen LogP contribution in [0.4, 0.5) is 0 Å². The Morgan fingerprint density at radius 1 is 1.47 bits per heavy atom. The predicted molar refractivity (Wildman–Crippen MR) is 62.1 cm³/mol. The van der Waals surface area contributed by atoms with Crippen molar-refractivity contribution < 1.29 is 4.74 Å². The van der Waals surface area contributed by atoms with Crippen LogP contribution in [0.25, 0.3) is 0 Å². The first-order valence-electron chi connectivity index (χ1n) is 5.33. The van der Waals surface area contributed by atoms with Gasteiger partial charge in [-0.15, -0.1) is 0 Å². The number of nitrogens with two attached hydrogens (primary N) is 1. The van der Waals surface area contributed by atoms with E-state index in [1.54, 1.807) is 0 Å². The van der Waals surface area contributed by atoms with E-state index in [1.807, 2.05) is 18.2 Å². The number of hydrogen-bond acceptors (Lipinski definition) is 2. The van der Waals surface area contributed by atoms with Crippen LogP contribution >= 0.6 is 11.6 Å². The Hall–Kier alpha value is -0.570. The maximum absolute atomic E-state index is 6.05. The van der Waals surface area contributed by atoms with Gasteiger partial charge in [0.05, 0.1) is 6.61 Å². The molecular weight excluding hydrogens is 210 g/mol. The minimum Gasteiger partial charge on any atom is -0.381 e. The highest BCUT2D eigenvalue weighted by Crippen LogP contribution is 2.20. The largest absolute Gasteiger partial charge is 0.381 e. The molecule has 1 saturated heterocycles. The highest BCUT2D eigenvalue weighted by Gasteiger charge is 2.22. The van der Waals surface area contributed by atoms with Crippen LogP contribution in [0.15, 0.2) is 24.3 Å². The van der Waals surface area contributed by atoms with Gasteiger partial charge < -0.3 is 10.5 Å². The number of ether oxygens (including phenoxy) is 1. The van der Waals surface area contributed by atoms with Crippen LogP contribution in [0.2, 0.25) is 5.02 Å². The minimum absolute atomic E-state index is 0.262. The standard InChI is InChI=1S/C12H16ClNO/c13-11-3-1-2-9(7-11)6-10-8-15-5-4-12(10)14/h1-3,7,10,12H,4-6,8,14H2/t10-,12+/m1/s1. The van der Waals surface area contributed by atoms with E-state index >= 15 is 0 Å². The lowest BCUT2D eigenvalue weighted by Crippen LogP contribution is -2.39. The zero-order valence-electron chi connectivity index (χ0n) is 8.66. The highest BCUT2D eigenvalue weighted by atomic mass is 35.5. The van der Waals surface area contributed by atoms with E-state index in [1.165, 1.54) is 5.56 Å². The van der Waals surface area contributed by atoms with E-state index in [0.717, 1.165) is 31.1 Å². The average molecular weight is 226 g/mol. The molecule has 0 aliphatic carbocycles. The lowest BCUT2D eigenvalue weighted by Gasteiger charge is -2.28. The molecule has 2 nitrogen and oxygen atoms in total. The summed E-state index contributed by atoms with van der Waals surface area (Å²) < 4.78 is 5.44. The number of hydrogen-bond donors (Lipinski definition) is 1. The quantitative estimate of drug-likeness (QED) is 0.838. The molecule has 2 N–H and O–H groups in total. The lowest BCUT2D eigenvalue weighted by molar-refractivity contribution is 0.0422. The molecule has 2 rings (SSSR count). The van der Waals surface area contributed by atoms with E-state index in [9.17, 15) is 0 Å². The molecule has 0 spiro atoms. The van der Waals surface area contributed by atoms with Crippen molar-refractivity contribution >= 4 is 11.6 Å². The Morgan fingerprint density at radius 3 is 3.07 bits per heavy atom. The zero-order chi connectivity index (χ0) is 10.7. The molecule has 1 aliphatic rings. The molecule has 0 aromatic heterocycles. The molecule has 0 unspecified atom stereocenters. The van der Waals surface area contributed by atoms with Crippen molar-refractivity contribution in [1.29, 1.82) is 0 Å². The van der Waals surface area contributed by atoms with Gasteiger partial charge in [0.15, 0.2) is 0 Å². The van der Waals surface area contributed by atoms with Crippen molar-refractivity contribution in [3.63, 3.8) is 0 Å². The molecule has 0 bridgehead atoms. The Bertz CT molecular complexity index is 329. The summed E-state index contributed by atoms with van der Waals surface area (Å²) in [6.45, 7) is 1.57. The van der Waals surface area contributed by atoms with Crippen LogP contribution in [0.5, 0.6) is 0 Å². The second-order valence-corrected chi connectivity index (χ2v) is 4.56. The third-order valence-electron chi connectivity index (χ3n) is 2.92. The van der Waals surface area contributed by atoms with Gasteiger partial charge in [-0.25, -0.2) is 0 Å². The second-order valence-electron chi connectivity index (χ2n) is 4.12. The van der Waals surface area contributed by atoms with Gasteiger partial charge in [-0.1, -0.05) is 23.7 Å². The highest BCUT2D eigenvalue weighted by molar-refractivity contribution is 6.30. The molecule has 1 aromatic rings. The Kier molecular flexibility index (Phi) is 3.62. The lowest BCUT2D eigenvalue weighted by atomic mass is 9.90. The molecule has 1 aliphatic heterocycles. The molecule has 0 saturated carbocycles. The summed E-state index contributed by atoms with van der Waals surface area (Å²) in [5.41, 5.74) is 7.30. The summed E-state index contributed by atoms with van der Waals surface area (Å²) in [5.74, 6) is 0.428. The molecule has 0 amide bonds. The van der Waals surface area contributed by atoms with Crippen molar-refractivity contribution in [2.45, 2.75) is 18.9 Å². The van der Waals surface area contributed by atoms with Crippen LogP contribution in [0.3, 0.4) is 0 Å². The summed E-state index contributed by atoms with van der Waals surface area (Å²) in [7, 11) is 0. The van der Waals surface area contributed by atoms with Gasteiger partial charge in [0, 0.05) is 23.6 Å². The zero-order valence-corrected chi connectivity index (χ0v) is 9.41. The molecule has 82 valence electrons. The Morgan fingerprint density at radius 2 is 2.33 bits per heavy atom. The molecule has 0 radical (unpaired) electrons. The van der Waals surface area contributed by atoms with Gasteiger partial charge in [0.25, 0.3) is 0 Å². The van der Waals surface area contributed by atoms with E-state index in [4.69, 9.17) is 22.1 Å². The molecular formula is C12H16ClNO. The van der Waals surface area contributed by atoms with Crippen molar-refractivity contribution in [3.8, 4) is 0 Å². The van der Waals surface area contributed by atoms with Crippen LogP contribution in [0.1, 0.15) is 12.0 Å². The maximum atomic E-state index is 6.05. The van der Waals surface area contributed by atoms with E-state index < -0.39 is 0 Å². The third kappa shape index (κ3) is 2.94. The minimum atomic E-state index is 0.262. The van der Waals surface area contributed by atoms with Gasteiger partial charge in [-0.3, -0.25) is 0 Å². The monoisotopic (exact) mass is 225 g/mol. The summed E-state index contributed by atoms with van der Waals surface area (Å²) in [5, 5.41) is 0.790. The van der Waals surface area contributed by atoms with Gasteiger partial charge in [0.2, 0.25) is 0 Å². The van der Waals surface area contributed by atoms with Crippen molar-refractivity contribution in [3.05, 3.63) is 34.9 Å². The van der Waals surface area contributed by atoms with E-state index in [0.29, 0.717) is 5.92 Å². The topological polar surface area (TPSA) is 35.2 Å². The van der Waals surface area contributed by atoms with Crippen molar-refractivity contribution in [2.24, 2.45) is 11.7 Å². The summed E-state index contributed by atoms with van der Waals surface area (Å²) >= 11 is 5.94. The third-order valence-corrected chi connectivity index (χ3v) is 3.15. The van der Waals surface area contributed by atoms with Gasteiger partial charge in [-0.05, 0) is 30.5 Å². The van der Waals surface area contributed by atoms with Crippen molar-refractivity contribution in [1.82, 2.24) is 0 Å². The van der Waals surface area contributed by atoms with Crippen molar-refractivity contribution in [2.75, 3.05) is 13.2 Å². The van der Waals surface area contributed by atoms with E-state index in [2.05, 4.69) is 6.07 Å². The summed E-state index contributed by atoms with van der Waals surface area (Å²) in [4.78, 5) is 0. The molecule has 1 fully saturated rings. The predicted octanol–water partition coefficient (Wildman–Crippen LogP) is 2.25. The first-order chi connectivity index (χ1) is 7.25. The molecule has 15 heavy (non-hydrogen) atoms. The molecule has 1 heterocycles. The number of halogens is 1.